The Bertz CT molecular complexity index is 780. The van der Waals surface area contributed by atoms with E-state index in [1.165, 1.54) is 0 Å². The van der Waals surface area contributed by atoms with Crippen LogP contribution in [0.15, 0.2) is 60.8 Å². The Labute approximate surface area is 134 Å². The van der Waals surface area contributed by atoms with E-state index in [1.807, 2.05) is 54.6 Å². The van der Waals surface area contributed by atoms with Gasteiger partial charge in [-0.15, -0.1) is 0 Å². The number of hydrogen-bond acceptors (Lipinski definition) is 3. The minimum absolute atomic E-state index is 0.0798. The number of ether oxygens (including phenoxy) is 1. The van der Waals surface area contributed by atoms with Gasteiger partial charge in [0.05, 0.1) is 19.2 Å². The van der Waals surface area contributed by atoms with Crippen LogP contribution in [0.4, 0.5) is 5.69 Å². The third-order valence-corrected chi connectivity index (χ3v) is 3.52. The predicted octanol–water partition coefficient (Wildman–Crippen LogP) is 3.27. The van der Waals surface area contributed by atoms with Crippen LogP contribution in [0, 0.1) is 0 Å². The summed E-state index contributed by atoms with van der Waals surface area (Å²) in [6.45, 7) is 0. The van der Waals surface area contributed by atoms with Crippen molar-refractivity contribution in [3.63, 3.8) is 0 Å². The van der Waals surface area contributed by atoms with Crippen molar-refractivity contribution in [2.75, 3.05) is 12.4 Å². The number of H-pyrrole nitrogens is 1. The molecule has 0 bridgehead atoms. The predicted molar refractivity (Wildman–Crippen MR) is 89.4 cm³/mol. The van der Waals surface area contributed by atoms with Crippen LogP contribution in [0.1, 0.15) is 5.56 Å². The quantitative estimate of drug-likeness (QED) is 0.760. The second kappa shape index (κ2) is 6.79. The van der Waals surface area contributed by atoms with Gasteiger partial charge in [0.1, 0.15) is 5.75 Å². The van der Waals surface area contributed by atoms with Gasteiger partial charge in [0.25, 0.3) is 0 Å². The smallest absolute Gasteiger partial charge is 0.228 e. The Morgan fingerprint density at radius 2 is 1.91 bits per heavy atom. The fraction of sp³-hybridized carbons (Fsp3) is 0.111. The van der Waals surface area contributed by atoms with Crippen LogP contribution in [-0.2, 0) is 11.2 Å². The minimum atomic E-state index is -0.0798. The average Bonchev–Trinajstić information content (AvgIpc) is 3.10. The zero-order valence-corrected chi connectivity index (χ0v) is 12.7. The van der Waals surface area contributed by atoms with E-state index in [2.05, 4.69) is 15.5 Å². The molecule has 0 unspecified atom stereocenters. The molecule has 5 heteroatoms. The summed E-state index contributed by atoms with van der Waals surface area (Å²) >= 11 is 0. The Kier molecular flexibility index (Phi) is 4.38. The van der Waals surface area contributed by atoms with Crippen molar-refractivity contribution in [1.82, 2.24) is 10.2 Å². The molecule has 0 aliphatic carbocycles. The number of para-hydroxylation sites is 1. The van der Waals surface area contributed by atoms with Crippen LogP contribution in [0.5, 0.6) is 5.75 Å². The Balaban J connectivity index is 1.66. The number of aromatic amines is 1. The average molecular weight is 307 g/mol. The molecule has 1 aromatic heterocycles. The molecular weight excluding hydrogens is 290 g/mol. The molecule has 0 atom stereocenters. The highest BCUT2D eigenvalue weighted by molar-refractivity contribution is 5.92. The molecule has 116 valence electrons. The zero-order valence-electron chi connectivity index (χ0n) is 12.7. The first kappa shape index (κ1) is 14.8. The number of hydrogen-bond donors (Lipinski definition) is 2. The number of benzene rings is 2. The molecule has 1 heterocycles. The van der Waals surface area contributed by atoms with Gasteiger partial charge in [-0.3, -0.25) is 9.89 Å². The SMILES string of the molecule is COc1ccccc1CC(=O)Nc1ccc(-c2ccn[nH]2)cc1. The lowest BCUT2D eigenvalue weighted by molar-refractivity contribution is -0.115. The zero-order chi connectivity index (χ0) is 16.1. The van der Waals surface area contributed by atoms with Crippen LogP contribution >= 0.6 is 0 Å². The highest BCUT2D eigenvalue weighted by Crippen LogP contribution is 2.20. The first-order valence-electron chi connectivity index (χ1n) is 7.28. The number of methoxy groups -OCH3 is 1. The van der Waals surface area contributed by atoms with Crippen molar-refractivity contribution in [2.45, 2.75) is 6.42 Å². The largest absolute Gasteiger partial charge is 0.496 e. The molecule has 0 aliphatic rings. The van der Waals surface area contributed by atoms with Crippen molar-refractivity contribution in [3.05, 3.63) is 66.4 Å². The molecule has 3 rings (SSSR count). The lowest BCUT2D eigenvalue weighted by Gasteiger charge is -2.09. The molecule has 5 nitrogen and oxygen atoms in total. The van der Waals surface area contributed by atoms with Gasteiger partial charge in [-0.1, -0.05) is 30.3 Å². The van der Waals surface area contributed by atoms with Gasteiger partial charge < -0.3 is 10.1 Å². The number of nitrogens with zero attached hydrogens (tertiary/aromatic N) is 1. The molecular formula is C18H17N3O2. The summed E-state index contributed by atoms with van der Waals surface area (Å²) in [6.07, 6.45) is 1.98. The molecule has 0 radical (unpaired) electrons. The number of carbonyl (C=O) groups is 1. The third-order valence-electron chi connectivity index (χ3n) is 3.52. The Morgan fingerprint density at radius 1 is 1.13 bits per heavy atom. The van der Waals surface area contributed by atoms with E-state index in [0.717, 1.165) is 28.3 Å². The van der Waals surface area contributed by atoms with E-state index in [-0.39, 0.29) is 12.3 Å². The highest BCUT2D eigenvalue weighted by atomic mass is 16.5. The van der Waals surface area contributed by atoms with Crippen LogP contribution in [0.2, 0.25) is 0 Å². The van der Waals surface area contributed by atoms with Crippen LogP contribution in [-0.4, -0.2) is 23.2 Å². The second-order valence-electron chi connectivity index (χ2n) is 5.08. The summed E-state index contributed by atoms with van der Waals surface area (Å²) < 4.78 is 5.26. The first-order chi connectivity index (χ1) is 11.3. The van der Waals surface area contributed by atoms with Crippen molar-refractivity contribution >= 4 is 11.6 Å². The third kappa shape index (κ3) is 3.58. The van der Waals surface area contributed by atoms with Gasteiger partial charge in [-0.2, -0.15) is 5.10 Å². The standard InChI is InChI=1S/C18H17N3O2/c1-23-17-5-3-2-4-14(17)12-18(22)20-15-8-6-13(7-9-15)16-10-11-19-21-16/h2-11H,12H2,1H3,(H,19,21)(H,20,22). The summed E-state index contributed by atoms with van der Waals surface area (Å²) in [5.74, 6) is 0.640. The molecule has 0 spiro atoms. The van der Waals surface area contributed by atoms with Crippen LogP contribution < -0.4 is 10.1 Å². The van der Waals surface area contributed by atoms with Crippen LogP contribution in [0.25, 0.3) is 11.3 Å². The summed E-state index contributed by atoms with van der Waals surface area (Å²) in [5.41, 5.74) is 3.58. The molecule has 23 heavy (non-hydrogen) atoms. The number of aromatic nitrogens is 2. The number of amides is 1. The Morgan fingerprint density at radius 3 is 2.61 bits per heavy atom. The van der Waals surface area contributed by atoms with E-state index in [4.69, 9.17) is 4.74 Å². The molecule has 2 aromatic carbocycles. The van der Waals surface area contributed by atoms with E-state index in [1.54, 1.807) is 13.3 Å². The molecule has 0 saturated heterocycles. The molecule has 1 amide bonds. The normalized spacial score (nSPS) is 10.3. The van der Waals surface area contributed by atoms with E-state index in [9.17, 15) is 4.79 Å². The summed E-state index contributed by atoms with van der Waals surface area (Å²) in [6, 6.07) is 17.0. The van der Waals surface area contributed by atoms with Gasteiger partial charge in [0.2, 0.25) is 5.91 Å². The number of carbonyl (C=O) groups excluding carboxylic acids is 1. The molecule has 2 N–H and O–H groups in total. The topological polar surface area (TPSA) is 67.0 Å². The van der Waals surface area contributed by atoms with Gasteiger partial charge >= 0.3 is 0 Å². The molecule has 0 fully saturated rings. The lowest BCUT2D eigenvalue weighted by Crippen LogP contribution is -2.14. The molecule has 0 aliphatic heterocycles. The number of rotatable bonds is 5. The fourth-order valence-electron chi connectivity index (χ4n) is 2.38. The summed E-state index contributed by atoms with van der Waals surface area (Å²) in [5, 5.41) is 9.73. The van der Waals surface area contributed by atoms with Crippen molar-refractivity contribution in [3.8, 4) is 17.0 Å². The van der Waals surface area contributed by atoms with Crippen molar-refractivity contribution in [2.24, 2.45) is 0 Å². The summed E-state index contributed by atoms with van der Waals surface area (Å²) in [4.78, 5) is 12.2. The molecule has 3 aromatic rings. The van der Waals surface area contributed by atoms with Crippen LogP contribution in [0.3, 0.4) is 0 Å². The number of anilines is 1. The lowest BCUT2D eigenvalue weighted by atomic mass is 10.1. The minimum Gasteiger partial charge on any atom is -0.496 e. The molecule has 0 saturated carbocycles. The fourth-order valence-corrected chi connectivity index (χ4v) is 2.38. The van der Waals surface area contributed by atoms with Gasteiger partial charge in [-0.25, -0.2) is 0 Å². The van der Waals surface area contributed by atoms with E-state index < -0.39 is 0 Å². The first-order valence-corrected chi connectivity index (χ1v) is 7.28. The van der Waals surface area contributed by atoms with E-state index in [0.29, 0.717) is 0 Å². The number of nitrogens with one attached hydrogen (secondary N) is 2. The monoisotopic (exact) mass is 307 g/mol. The van der Waals surface area contributed by atoms with Crippen molar-refractivity contribution < 1.29 is 9.53 Å². The van der Waals surface area contributed by atoms with Crippen molar-refractivity contribution in [1.29, 1.82) is 0 Å². The maximum absolute atomic E-state index is 12.2. The maximum atomic E-state index is 12.2. The van der Waals surface area contributed by atoms with Gasteiger partial charge in [0, 0.05) is 17.4 Å². The van der Waals surface area contributed by atoms with Gasteiger partial charge in [0.15, 0.2) is 0 Å². The maximum Gasteiger partial charge on any atom is 0.228 e. The highest BCUT2D eigenvalue weighted by Gasteiger charge is 2.08. The summed E-state index contributed by atoms with van der Waals surface area (Å²) in [7, 11) is 1.60. The van der Waals surface area contributed by atoms with Gasteiger partial charge in [-0.05, 0) is 29.8 Å². The van der Waals surface area contributed by atoms with E-state index >= 15 is 0 Å². The Hall–Kier alpha value is -3.08. The second-order valence-corrected chi connectivity index (χ2v) is 5.08.